The minimum absolute atomic E-state index is 0.0123. The van der Waals surface area contributed by atoms with Crippen LogP contribution in [0.3, 0.4) is 0 Å². The van der Waals surface area contributed by atoms with Gasteiger partial charge in [0.25, 0.3) is 0 Å². The predicted molar refractivity (Wildman–Crippen MR) is 81.1 cm³/mol. The van der Waals surface area contributed by atoms with Crippen molar-refractivity contribution in [2.75, 3.05) is 0 Å². The Kier molecular flexibility index (Phi) is 5.08. The van der Waals surface area contributed by atoms with E-state index in [1.54, 1.807) is 36.4 Å². The van der Waals surface area contributed by atoms with Crippen LogP contribution in [0.25, 0.3) is 6.08 Å². The van der Waals surface area contributed by atoms with Gasteiger partial charge in [-0.1, -0.05) is 18.2 Å². The summed E-state index contributed by atoms with van der Waals surface area (Å²) in [5.74, 6) is 0.0395. The molecule has 4 nitrogen and oxygen atoms in total. The van der Waals surface area contributed by atoms with Gasteiger partial charge in [0.05, 0.1) is 11.6 Å². The first-order chi connectivity index (χ1) is 11.2. The largest absolute Gasteiger partial charge is 0.489 e. The number of allylic oxidation sites excluding steroid dienone is 1. The summed E-state index contributed by atoms with van der Waals surface area (Å²) in [5.41, 5.74) is 1.32. The van der Waals surface area contributed by atoms with E-state index in [9.17, 15) is 4.39 Å². The highest BCUT2D eigenvalue weighted by Gasteiger charge is 2.05. The van der Waals surface area contributed by atoms with Crippen LogP contribution in [-0.2, 0) is 6.61 Å². The zero-order chi connectivity index (χ0) is 16.7. The fourth-order valence-corrected chi connectivity index (χ4v) is 1.81. The molecule has 0 N–H and O–H groups in total. The van der Waals surface area contributed by atoms with Crippen molar-refractivity contribution in [3.8, 4) is 24.0 Å². The summed E-state index contributed by atoms with van der Waals surface area (Å²) in [6.45, 7) is 0.0361. The fraction of sp³-hybridized carbons (Fsp3) is 0.0556. The van der Waals surface area contributed by atoms with Gasteiger partial charge in [0.15, 0.2) is 0 Å². The molecule has 5 heteroatoms. The first kappa shape index (κ1) is 15.8. The molecule has 0 spiro atoms. The number of ether oxygens (including phenoxy) is 1. The Morgan fingerprint density at radius 3 is 2.30 bits per heavy atom. The van der Waals surface area contributed by atoms with Gasteiger partial charge in [-0.15, -0.1) is 0 Å². The monoisotopic (exact) mass is 303 g/mol. The number of rotatable bonds is 4. The quantitative estimate of drug-likeness (QED) is 0.806. The average Bonchev–Trinajstić information content (AvgIpc) is 2.59. The molecule has 0 aliphatic rings. The summed E-state index contributed by atoms with van der Waals surface area (Å²) in [7, 11) is 0. The molecule has 0 bridgehead atoms. The molecule has 2 aromatic carbocycles. The van der Waals surface area contributed by atoms with E-state index in [2.05, 4.69) is 0 Å². The highest BCUT2D eigenvalue weighted by Crippen LogP contribution is 2.17. The molecule has 2 rings (SSSR count). The summed E-state index contributed by atoms with van der Waals surface area (Å²) < 4.78 is 19.2. The number of hydrogen-bond donors (Lipinski definition) is 0. The van der Waals surface area contributed by atoms with E-state index in [1.807, 2.05) is 6.07 Å². The lowest BCUT2D eigenvalue weighted by atomic mass is 10.1. The molecular formula is C18H10FN3O. The third-order valence-electron chi connectivity index (χ3n) is 3.01. The molecule has 0 aliphatic heterocycles. The average molecular weight is 303 g/mol. The van der Waals surface area contributed by atoms with Crippen LogP contribution in [0, 0.1) is 39.8 Å². The van der Waals surface area contributed by atoms with Crippen LogP contribution in [0.2, 0.25) is 0 Å². The fourth-order valence-electron chi connectivity index (χ4n) is 1.81. The lowest BCUT2D eigenvalue weighted by Gasteiger charge is -2.07. The minimum atomic E-state index is -0.490. The van der Waals surface area contributed by atoms with Crippen molar-refractivity contribution in [1.29, 1.82) is 15.8 Å². The van der Waals surface area contributed by atoms with Gasteiger partial charge in [0.2, 0.25) is 0 Å². The lowest BCUT2D eigenvalue weighted by Crippen LogP contribution is -1.99. The molecule has 110 valence electrons. The molecular weight excluding hydrogens is 293 g/mol. The van der Waals surface area contributed by atoms with Gasteiger partial charge in [-0.2, -0.15) is 15.8 Å². The van der Waals surface area contributed by atoms with Crippen molar-refractivity contribution in [2.45, 2.75) is 6.61 Å². The molecule has 23 heavy (non-hydrogen) atoms. The molecule has 0 aliphatic carbocycles. The molecule has 0 aromatic heterocycles. The number of benzene rings is 2. The van der Waals surface area contributed by atoms with Gasteiger partial charge in [-0.3, -0.25) is 0 Å². The van der Waals surface area contributed by atoms with E-state index in [4.69, 9.17) is 20.5 Å². The summed E-state index contributed by atoms with van der Waals surface area (Å²) in [4.78, 5) is 0. The molecule has 2 aromatic rings. The van der Waals surface area contributed by atoms with Gasteiger partial charge in [0.1, 0.15) is 35.9 Å². The number of hydrogen-bond acceptors (Lipinski definition) is 4. The lowest BCUT2D eigenvalue weighted by molar-refractivity contribution is 0.300. The van der Waals surface area contributed by atoms with Gasteiger partial charge >= 0.3 is 0 Å². The maximum Gasteiger partial charge on any atom is 0.131 e. The Bertz CT molecular complexity index is 849. The van der Waals surface area contributed by atoms with E-state index in [-0.39, 0.29) is 17.7 Å². The first-order valence-corrected chi connectivity index (χ1v) is 6.59. The maximum absolute atomic E-state index is 13.7. The zero-order valence-electron chi connectivity index (χ0n) is 12.0. The number of halogens is 1. The number of nitriles is 3. The molecule has 0 radical (unpaired) electrons. The van der Waals surface area contributed by atoms with Crippen LogP contribution in [0.4, 0.5) is 4.39 Å². The molecule has 0 saturated heterocycles. The SMILES string of the molecule is N#CC(C#N)=Cc1ccc(OCc2ccc(C#N)cc2F)cc1. The van der Waals surface area contributed by atoms with Crippen LogP contribution >= 0.6 is 0 Å². The second kappa shape index (κ2) is 7.41. The van der Waals surface area contributed by atoms with E-state index in [0.717, 1.165) is 6.07 Å². The number of nitrogens with zero attached hydrogens (tertiary/aromatic N) is 3. The molecule has 0 unspecified atom stereocenters. The van der Waals surface area contributed by atoms with Crippen LogP contribution < -0.4 is 4.74 Å². The highest BCUT2D eigenvalue weighted by molar-refractivity contribution is 5.62. The van der Waals surface area contributed by atoms with Crippen LogP contribution in [0.1, 0.15) is 16.7 Å². The Morgan fingerprint density at radius 2 is 1.74 bits per heavy atom. The van der Waals surface area contributed by atoms with E-state index >= 15 is 0 Å². The van der Waals surface area contributed by atoms with Gasteiger partial charge < -0.3 is 4.74 Å². The summed E-state index contributed by atoms with van der Waals surface area (Å²) >= 11 is 0. The molecule has 0 fully saturated rings. The maximum atomic E-state index is 13.7. The molecule has 0 heterocycles. The summed E-state index contributed by atoms with van der Waals surface area (Å²) in [6, 6.07) is 16.4. The standard InChI is InChI=1S/C18H10FN3O/c19-18-8-14(9-20)1-4-16(18)12-23-17-5-2-13(3-6-17)7-15(10-21)11-22/h1-8H,12H2. The third-order valence-corrected chi connectivity index (χ3v) is 3.01. The minimum Gasteiger partial charge on any atom is -0.489 e. The van der Waals surface area contributed by atoms with Gasteiger partial charge in [0, 0.05) is 5.56 Å². The Balaban J connectivity index is 2.05. The first-order valence-electron chi connectivity index (χ1n) is 6.59. The van der Waals surface area contributed by atoms with E-state index in [0.29, 0.717) is 16.9 Å². The zero-order valence-corrected chi connectivity index (χ0v) is 12.0. The van der Waals surface area contributed by atoms with Crippen molar-refractivity contribution in [2.24, 2.45) is 0 Å². The Morgan fingerprint density at radius 1 is 1.04 bits per heavy atom. The van der Waals surface area contributed by atoms with Crippen molar-refractivity contribution in [3.63, 3.8) is 0 Å². The predicted octanol–water partition coefficient (Wildman–Crippen LogP) is 3.71. The van der Waals surface area contributed by atoms with Crippen molar-refractivity contribution < 1.29 is 9.13 Å². The molecule has 0 amide bonds. The topological polar surface area (TPSA) is 80.6 Å². The molecule has 0 atom stereocenters. The highest BCUT2D eigenvalue weighted by atomic mass is 19.1. The summed E-state index contributed by atoms with van der Waals surface area (Å²) in [6.07, 6.45) is 1.46. The van der Waals surface area contributed by atoms with Crippen molar-refractivity contribution in [1.82, 2.24) is 0 Å². The van der Waals surface area contributed by atoms with Crippen molar-refractivity contribution in [3.05, 3.63) is 70.5 Å². The van der Waals surface area contributed by atoms with Crippen molar-refractivity contribution >= 4 is 6.08 Å². The normalized spacial score (nSPS) is 9.13. The Labute approximate surface area is 132 Å². The van der Waals surface area contributed by atoms with Crippen LogP contribution in [0.15, 0.2) is 48.0 Å². The van der Waals surface area contributed by atoms with Crippen LogP contribution in [0.5, 0.6) is 5.75 Å². The summed E-state index contributed by atoms with van der Waals surface area (Å²) in [5, 5.41) is 26.1. The van der Waals surface area contributed by atoms with Gasteiger partial charge in [-0.05, 0) is 35.9 Å². The van der Waals surface area contributed by atoms with Gasteiger partial charge in [-0.25, -0.2) is 4.39 Å². The molecule has 0 saturated carbocycles. The van der Waals surface area contributed by atoms with E-state index in [1.165, 1.54) is 18.2 Å². The second-order valence-corrected chi connectivity index (χ2v) is 4.56. The second-order valence-electron chi connectivity index (χ2n) is 4.56. The van der Waals surface area contributed by atoms with Crippen LogP contribution in [-0.4, -0.2) is 0 Å². The third kappa shape index (κ3) is 4.17. The van der Waals surface area contributed by atoms with E-state index < -0.39 is 5.82 Å². The Hall–Kier alpha value is -3.62. The smallest absolute Gasteiger partial charge is 0.131 e.